The second-order valence-corrected chi connectivity index (χ2v) is 9.72. The van der Waals surface area contributed by atoms with E-state index in [9.17, 15) is 0 Å². The summed E-state index contributed by atoms with van der Waals surface area (Å²) in [5, 5.41) is 13.1. The molecule has 1 saturated heterocycles. The number of hydrogen-bond acceptors (Lipinski definition) is 7. The van der Waals surface area contributed by atoms with Crippen molar-refractivity contribution in [1.82, 2.24) is 35.0 Å². The van der Waals surface area contributed by atoms with Crippen LogP contribution >= 0.6 is 0 Å². The van der Waals surface area contributed by atoms with Crippen molar-refractivity contribution < 1.29 is 0 Å². The summed E-state index contributed by atoms with van der Waals surface area (Å²) in [5.41, 5.74) is 2.35. The minimum Gasteiger partial charge on any atom is -0.357 e. The van der Waals surface area contributed by atoms with Crippen LogP contribution in [0.4, 0.5) is 5.82 Å². The molecule has 2 aliphatic rings. The van der Waals surface area contributed by atoms with Crippen molar-refractivity contribution in [3.8, 4) is 0 Å². The zero-order chi connectivity index (χ0) is 24.0. The highest BCUT2D eigenvalue weighted by atomic mass is 15.6. The Labute approximate surface area is 208 Å². The molecule has 0 radical (unpaired) electrons. The van der Waals surface area contributed by atoms with Crippen LogP contribution in [0.5, 0.6) is 0 Å². The van der Waals surface area contributed by atoms with E-state index in [0.717, 1.165) is 62.4 Å². The summed E-state index contributed by atoms with van der Waals surface area (Å²) in [5.74, 6) is 1.91. The van der Waals surface area contributed by atoms with Crippen LogP contribution in [0, 0.1) is 0 Å². The third kappa shape index (κ3) is 5.38. The Hall–Kier alpha value is -2.84. The summed E-state index contributed by atoms with van der Waals surface area (Å²) in [6.45, 7) is 11.2. The van der Waals surface area contributed by atoms with Gasteiger partial charge in [-0.05, 0) is 67.3 Å². The summed E-state index contributed by atoms with van der Waals surface area (Å²) in [6.07, 6.45) is 7.30. The fourth-order valence-electron chi connectivity index (χ4n) is 5.43. The van der Waals surface area contributed by atoms with Crippen LogP contribution in [0.25, 0.3) is 0 Å². The molecule has 0 spiro atoms. The Morgan fingerprint density at radius 1 is 0.943 bits per heavy atom. The lowest BCUT2D eigenvalue weighted by atomic mass is 9.91. The van der Waals surface area contributed by atoms with Gasteiger partial charge in [0.15, 0.2) is 5.82 Å². The number of rotatable bonds is 9. The zero-order valence-corrected chi connectivity index (χ0v) is 21.1. The number of tetrazole rings is 1. The molecule has 1 unspecified atom stereocenters. The van der Waals surface area contributed by atoms with E-state index in [4.69, 9.17) is 4.98 Å². The first-order valence-corrected chi connectivity index (χ1v) is 13.3. The van der Waals surface area contributed by atoms with E-state index < -0.39 is 0 Å². The number of pyridine rings is 1. The van der Waals surface area contributed by atoms with Crippen molar-refractivity contribution in [3.05, 3.63) is 65.6 Å². The molecule has 1 aromatic carbocycles. The second-order valence-electron chi connectivity index (χ2n) is 9.72. The summed E-state index contributed by atoms with van der Waals surface area (Å²) >= 11 is 0. The van der Waals surface area contributed by atoms with Crippen molar-refractivity contribution in [3.63, 3.8) is 0 Å². The first-order chi connectivity index (χ1) is 17.3. The van der Waals surface area contributed by atoms with Gasteiger partial charge in [-0.25, -0.2) is 9.67 Å². The maximum Gasteiger partial charge on any atom is 0.173 e. The average molecular weight is 475 g/mol. The summed E-state index contributed by atoms with van der Waals surface area (Å²) in [7, 11) is 0. The summed E-state index contributed by atoms with van der Waals surface area (Å²) in [4.78, 5) is 12.4. The Kier molecular flexibility index (Phi) is 7.69. The Morgan fingerprint density at radius 2 is 1.77 bits per heavy atom. The largest absolute Gasteiger partial charge is 0.357 e. The molecule has 8 heteroatoms. The van der Waals surface area contributed by atoms with E-state index in [1.54, 1.807) is 0 Å². The molecule has 5 rings (SSSR count). The molecule has 2 aromatic heterocycles. The lowest BCUT2D eigenvalue weighted by Gasteiger charge is -2.37. The van der Waals surface area contributed by atoms with Gasteiger partial charge in [-0.3, -0.25) is 9.80 Å². The second kappa shape index (κ2) is 11.3. The van der Waals surface area contributed by atoms with Gasteiger partial charge in [-0.2, -0.15) is 0 Å². The van der Waals surface area contributed by atoms with Gasteiger partial charge < -0.3 is 4.90 Å². The van der Waals surface area contributed by atoms with Crippen molar-refractivity contribution in [1.29, 1.82) is 0 Å². The molecule has 1 aliphatic heterocycles. The van der Waals surface area contributed by atoms with Crippen LogP contribution in [0.1, 0.15) is 62.5 Å². The molecule has 2 fully saturated rings. The van der Waals surface area contributed by atoms with Crippen LogP contribution in [-0.2, 0) is 6.54 Å². The van der Waals surface area contributed by atoms with E-state index in [-0.39, 0.29) is 6.04 Å². The highest BCUT2D eigenvalue weighted by Gasteiger charge is 2.32. The quantitative estimate of drug-likeness (QED) is 0.469. The predicted octanol–water partition coefficient (Wildman–Crippen LogP) is 3.61. The van der Waals surface area contributed by atoms with E-state index >= 15 is 0 Å². The molecule has 1 saturated carbocycles. The van der Waals surface area contributed by atoms with E-state index in [0.29, 0.717) is 6.54 Å². The normalized spacial score (nSPS) is 18.7. The van der Waals surface area contributed by atoms with Crippen molar-refractivity contribution in [2.75, 3.05) is 44.2 Å². The Balaban J connectivity index is 1.45. The fourth-order valence-corrected chi connectivity index (χ4v) is 5.43. The summed E-state index contributed by atoms with van der Waals surface area (Å²) < 4.78 is 1.97. The van der Waals surface area contributed by atoms with Gasteiger partial charge in [0.1, 0.15) is 5.82 Å². The van der Waals surface area contributed by atoms with Gasteiger partial charge in [0.25, 0.3) is 0 Å². The first-order valence-electron chi connectivity index (χ1n) is 13.3. The molecular formula is C27H38N8. The van der Waals surface area contributed by atoms with E-state index in [1.165, 1.54) is 31.4 Å². The van der Waals surface area contributed by atoms with Gasteiger partial charge in [0.05, 0.1) is 12.6 Å². The smallest absolute Gasteiger partial charge is 0.173 e. The van der Waals surface area contributed by atoms with E-state index in [1.807, 2.05) is 16.9 Å². The van der Waals surface area contributed by atoms with Gasteiger partial charge in [0, 0.05) is 45.0 Å². The van der Waals surface area contributed by atoms with Crippen LogP contribution in [0.2, 0.25) is 0 Å². The van der Waals surface area contributed by atoms with Crippen molar-refractivity contribution in [2.45, 2.75) is 58.2 Å². The van der Waals surface area contributed by atoms with Crippen molar-refractivity contribution in [2.24, 2.45) is 0 Å². The summed E-state index contributed by atoms with van der Waals surface area (Å²) in [6, 6.07) is 15.6. The van der Waals surface area contributed by atoms with Crippen LogP contribution in [-0.4, -0.2) is 80.3 Å². The molecule has 0 amide bonds. The molecule has 186 valence electrons. The van der Waals surface area contributed by atoms with Crippen LogP contribution in [0.15, 0.2) is 48.7 Å². The van der Waals surface area contributed by atoms with Gasteiger partial charge in [0.2, 0.25) is 0 Å². The molecule has 1 aliphatic carbocycles. The predicted molar refractivity (Wildman–Crippen MR) is 138 cm³/mol. The Bertz CT molecular complexity index is 1040. The molecule has 0 N–H and O–H groups in total. The lowest BCUT2D eigenvalue weighted by Crippen LogP contribution is -2.42. The van der Waals surface area contributed by atoms with E-state index in [2.05, 4.69) is 80.5 Å². The average Bonchev–Trinajstić information content (AvgIpc) is 3.17. The molecule has 8 nitrogen and oxygen atoms in total. The number of benzene rings is 1. The number of hydrogen-bond donors (Lipinski definition) is 0. The van der Waals surface area contributed by atoms with Crippen LogP contribution in [0.3, 0.4) is 0 Å². The third-order valence-electron chi connectivity index (χ3n) is 7.67. The van der Waals surface area contributed by atoms with Crippen LogP contribution < -0.4 is 4.90 Å². The standard InChI is InChI=1S/C27H38N8/c1-3-32(4-2)25-15-14-23(20-28-25)26(34-17-9-16-33(18-19-34)24-12-8-13-24)27-29-30-31-35(27)21-22-10-6-5-7-11-22/h5-7,10-11,14-15,20,24,26H,3-4,8-9,12-13,16-19,21H2,1-2H3. The molecule has 35 heavy (non-hydrogen) atoms. The van der Waals surface area contributed by atoms with Gasteiger partial charge in [-0.15, -0.1) is 5.10 Å². The molecule has 3 aromatic rings. The number of nitrogens with zero attached hydrogens (tertiary/aromatic N) is 8. The maximum atomic E-state index is 4.86. The topological polar surface area (TPSA) is 66.2 Å². The molecule has 1 atom stereocenters. The lowest BCUT2D eigenvalue weighted by molar-refractivity contribution is 0.127. The SMILES string of the molecule is CCN(CC)c1ccc(C(c2nnnn2Cc2ccccc2)N2CCCN(C3CCC3)CC2)cn1. The number of anilines is 1. The highest BCUT2D eigenvalue weighted by Crippen LogP contribution is 2.31. The number of aromatic nitrogens is 5. The first kappa shape index (κ1) is 23.9. The Morgan fingerprint density at radius 3 is 2.46 bits per heavy atom. The minimum atomic E-state index is -0.0201. The van der Waals surface area contributed by atoms with Gasteiger partial charge >= 0.3 is 0 Å². The molecule has 3 heterocycles. The molecule has 0 bridgehead atoms. The maximum absolute atomic E-state index is 4.86. The minimum absolute atomic E-state index is 0.0201. The fraction of sp³-hybridized carbons (Fsp3) is 0.556. The zero-order valence-electron chi connectivity index (χ0n) is 21.1. The molecular weight excluding hydrogens is 436 g/mol. The monoisotopic (exact) mass is 474 g/mol. The van der Waals surface area contributed by atoms with Crippen molar-refractivity contribution >= 4 is 5.82 Å². The highest BCUT2D eigenvalue weighted by molar-refractivity contribution is 5.40. The van der Waals surface area contributed by atoms with Gasteiger partial charge in [-0.1, -0.05) is 42.8 Å². The third-order valence-corrected chi connectivity index (χ3v) is 7.67.